The number of carbonyl (C=O) groups is 1. The van der Waals surface area contributed by atoms with Crippen molar-refractivity contribution in [3.63, 3.8) is 0 Å². The summed E-state index contributed by atoms with van der Waals surface area (Å²) in [6.45, 7) is 0. The average molecular weight is 392 g/mol. The van der Waals surface area contributed by atoms with Gasteiger partial charge in [0.15, 0.2) is 11.5 Å². The van der Waals surface area contributed by atoms with Crippen LogP contribution in [0.4, 0.5) is 0 Å². The number of methoxy groups -OCH3 is 1. The van der Waals surface area contributed by atoms with Gasteiger partial charge in [-0.05, 0) is 59.2 Å². The van der Waals surface area contributed by atoms with Crippen LogP contribution in [-0.2, 0) is 4.79 Å². The third-order valence-electron chi connectivity index (χ3n) is 3.85. The molecule has 0 atom stereocenters. The lowest BCUT2D eigenvalue weighted by atomic mass is 10.1. The number of pyridine rings is 1. The third kappa shape index (κ3) is 5.56. The number of ether oxygens (including phenoxy) is 2. The number of hydrogen-bond acceptors (Lipinski definition) is 4. The van der Waals surface area contributed by atoms with Crippen LogP contribution in [0.1, 0.15) is 16.7 Å². The van der Waals surface area contributed by atoms with Crippen LogP contribution < -0.4 is 9.47 Å². The fourth-order valence-electron chi connectivity index (χ4n) is 2.42. The highest BCUT2D eigenvalue weighted by atomic mass is 35.5. The molecule has 0 aliphatic carbocycles. The number of halogens is 1. The topological polar surface area (TPSA) is 48.4 Å². The second kappa shape index (κ2) is 9.53. The predicted molar refractivity (Wildman–Crippen MR) is 112 cm³/mol. The number of benzene rings is 2. The van der Waals surface area contributed by atoms with Crippen molar-refractivity contribution < 1.29 is 14.3 Å². The number of carbonyl (C=O) groups excluding carboxylic acids is 1. The molecule has 0 aliphatic heterocycles. The molecule has 0 fully saturated rings. The van der Waals surface area contributed by atoms with Crippen molar-refractivity contribution in [3.8, 4) is 11.5 Å². The van der Waals surface area contributed by atoms with Crippen molar-refractivity contribution in [2.45, 2.75) is 0 Å². The molecule has 0 bridgehead atoms. The Morgan fingerprint density at radius 3 is 2.21 bits per heavy atom. The smallest absolute Gasteiger partial charge is 0.336 e. The SMILES string of the molecule is COc1cc(/C=C/c2ccncc2)ccc1OC(=O)/C=C/c1ccc(Cl)cc1. The fourth-order valence-corrected chi connectivity index (χ4v) is 2.55. The van der Waals surface area contributed by atoms with Gasteiger partial charge in [-0.2, -0.15) is 0 Å². The summed E-state index contributed by atoms with van der Waals surface area (Å²) < 4.78 is 10.7. The van der Waals surface area contributed by atoms with Gasteiger partial charge in [0.2, 0.25) is 0 Å². The maximum absolute atomic E-state index is 12.1. The molecule has 3 rings (SSSR count). The molecular weight excluding hydrogens is 374 g/mol. The summed E-state index contributed by atoms with van der Waals surface area (Å²) in [4.78, 5) is 16.1. The van der Waals surface area contributed by atoms with E-state index in [4.69, 9.17) is 21.1 Å². The van der Waals surface area contributed by atoms with E-state index in [9.17, 15) is 4.79 Å². The van der Waals surface area contributed by atoms with Crippen LogP contribution in [0.25, 0.3) is 18.2 Å². The molecule has 2 aromatic carbocycles. The van der Waals surface area contributed by atoms with Crippen LogP contribution in [0.15, 0.2) is 73.1 Å². The molecule has 0 saturated heterocycles. The minimum Gasteiger partial charge on any atom is -0.493 e. The van der Waals surface area contributed by atoms with E-state index in [0.29, 0.717) is 16.5 Å². The Morgan fingerprint density at radius 2 is 1.50 bits per heavy atom. The quantitative estimate of drug-likeness (QED) is 0.315. The van der Waals surface area contributed by atoms with Gasteiger partial charge in [0.25, 0.3) is 0 Å². The first-order valence-electron chi connectivity index (χ1n) is 8.55. The molecule has 0 N–H and O–H groups in total. The second-order valence-electron chi connectivity index (χ2n) is 5.83. The van der Waals surface area contributed by atoms with Gasteiger partial charge in [-0.3, -0.25) is 4.98 Å². The fraction of sp³-hybridized carbons (Fsp3) is 0.0435. The van der Waals surface area contributed by atoms with E-state index in [-0.39, 0.29) is 0 Å². The van der Waals surface area contributed by atoms with Gasteiger partial charge in [-0.15, -0.1) is 0 Å². The van der Waals surface area contributed by atoms with Gasteiger partial charge >= 0.3 is 5.97 Å². The zero-order valence-electron chi connectivity index (χ0n) is 15.2. The van der Waals surface area contributed by atoms with Gasteiger partial charge in [-0.1, -0.05) is 42.0 Å². The van der Waals surface area contributed by atoms with Gasteiger partial charge in [0.1, 0.15) is 0 Å². The highest BCUT2D eigenvalue weighted by Gasteiger charge is 2.08. The molecule has 1 aromatic heterocycles. The van der Waals surface area contributed by atoms with E-state index < -0.39 is 5.97 Å². The second-order valence-corrected chi connectivity index (χ2v) is 6.27. The monoisotopic (exact) mass is 391 g/mol. The minimum absolute atomic E-state index is 0.356. The summed E-state index contributed by atoms with van der Waals surface area (Å²) in [5, 5.41) is 0.641. The van der Waals surface area contributed by atoms with E-state index >= 15 is 0 Å². The number of aromatic nitrogens is 1. The van der Waals surface area contributed by atoms with Crippen molar-refractivity contribution in [3.05, 3.63) is 94.8 Å². The Kier molecular flexibility index (Phi) is 6.60. The Morgan fingerprint density at radius 1 is 0.857 bits per heavy atom. The van der Waals surface area contributed by atoms with Crippen LogP contribution >= 0.6 is 11.6 Å². The number of nitrogens with zero attached hydrogens (tertiary/aromatic N) is 1. The normalized spacial score (nSPS) is 11.1. The van der Waals surface area contributed by atoms with E-state index in [1.807, 2.05) is 48.6 Å². The summed E-state index contributed by atoms with van der Waals surface area (Å²) in [6.07, 6.45) is 10.4. The largest absolute Gasteiger partial charge is 0.493 e. The lowest BCUT2D eigenvalue weighted by Crippen LogP contribution is -2.05. The third-order valence-corrected chi connectivity index (χ3v) is 4.11. The summed E-state index contributed by atoms with van der Waals surface area (Å²) in [5.74, 6) is 0.341. The summed E-state index contributed by atoms with van der Waals surface area (Å²) in [5.41, 5.74) is 2.81. The minimum atomic E-state index is -0.492. The lowest BCUT2D eigenvalue weighted by molar-refractivity contribution is -0.129. The molecule has 0 aliphatic rings. The Hall–Kier alpha value is -3.37. The first kappa shape index (κ1) is 19.4. The zero-order chi connectivity index (χ0) is 19.8. The zero-order valence-corrected chi connectivity index (χ0v) is 16.0. The molecule has 0 amide bonds. The van der Waals surface area contributed by atoms with Crippen LogP contribution in [0.3, 0.4) is 0 Å². The Labute approximate surface area is 168 Å². The molecule has 1 heterocycles. The van der Waals surface area contributed by atoms with Gasteiger partial charge < -0.3 is 9.47 Å². The first-order valence-corrected chi connectivity index (χ1v) is 8.93. The maximum Gasteiger partial charge on any atom is 0.336 e. The lowest BCUT2D eigenvalue weighted by Gasteiger charge is -2.08. The Balaban J connectivity index is 1.69. The standard InChI is InChI=1S/C23H18ClNO3/c1-27-22-16-19(3-2-18-12-14-25-15-13-18)6-10-21(22)28-23(26)11-7-17-4-8-20(24)9-5-17/h2-16H,1H3/b3-2+,11-7+. The highest BCUT2D eigenvalue weighted by molar-refractivity contribution is 6.30. The summed E-state index contributed by atoms with van der Waals surface area (Å²) in [7, 11) is 1.53. The summed E-state index contributed by atoms with van der Waals surface area (Å²) in [6, 6.07) is 16.3. The van der Waals surface area contributed by atoms with E-state index in [1.165, 1.54) is 13.2 Å². The molecule has 0 unspecified atom stereocenters. The average Bonchev–Trinajstić information content (AvgIpc) is 2.73. The molecule has 4 nitrogen and oxygen atoms in total. The van der Waals surface area contributed by atoms with E-state index in [2.05, 4.69) is 4.98 Å². The van der Waals surface area contributed by atoms with Gasteiger partial charge in [0.05, 0.1) is 7.11 Å². The van der Waals surface area contributed by atoms with Gasteiger partial charge in [0, 0.05) is 23.5 Å². The molecule has 0 saturated carbocycles. The highest BCUT2D eigenvalue weighted by Crippen LogP contribution is 2.29. The van der Waals surface area contributed by atoms with Crippen LogP contribution in [-0.4, -0.2) is 18.1 Å². The number of hydrogen-bond donors (Lipinski definition) is 0. The summed E-state index contributed by atoms with van der Waals surface area (Å²) >= 11 is 5.85. The molecule has 0 spiro atoms. The van der Waals surface area contributed by atoms with Crippen molar-refractivity contribution in [1.82, 2.24) is 4.98 Å². The van der Waals surface area contributed by atoms with E-state index in [0.717, 1.165) is 16.7 Å². The van der Waals surface area contributed by atoms with Gasteiger partial charge in [-0.25, -0.2) is 4.79 Å². The first-order chi connectivity index (χ1) is 13.6. The molecule has 0 radical (unpaired) electrons. The molecule has 3 aromatic rings. The molecule has 140 valence electrons. The molecule has 5 heteroatoms. The maximum atomic E-state index is 12.1. The van der Waals surface area contributed by atoms with Crippen molar-refractivity contribution >= 4 is 35.8 Å². The van der Waals surface area contributed by atoms with Crippen LogP contribution in [0.5, 0.6) is 11.5 Å². The predicted octanol–water partition coefficient (Wildman–Crippen LogP) is 5.53. The number of rotatable bonds is 6. The van der Waals surface area contributed by atoms with E-state index in [1.54, 1.807) is 36.7 Å². The van der Waals surface area contributed by atoms with Crippen LogP contribution in [0.2, 0.25) is 5.02 Å². The van der Waals surface area contributed by atoms with Crippen LogP contribution in [0, 0.1) is 0 Å². The van der Waals surface area contributed by atoms with Crippen molar-refractivity contribution in [2.24, 2.45) is 0 Å². The van der Waals surface area contributed by atoms with Crippen molar-refractivity contribution in [1.29, 1.82) is 0 Å². The Bertz CT molecular complexity index is 996. The molecular formula is C23H18ClNO3. The molecule has 28 heavy (non-hydrogen) atoms. The number of esters is 1. The van der Waals surface area contributed by atoms with Crippen molar-refractivity contribution in [2.75, 3.05) is 7.11 Å².